The van der Waals surface area contributed by atoms with Gasteiger partial charge in [-0.05, 0) is 42.7 Å². The predicted octanol–water partition coefficient (Wildman–Crippen LogP) is 3.59. The van der Waals surface area contributed by atoms with Gasteiger partial charge in [0.05, 0.1) is 6.10 Å². The molecule has 4 rings (SSSR count). The molecule has 1 saturated carbocycles. The van der Waals surface area contributed by atoms with Crippen molar-refractivity contribution in [1.29, 1.82) is 0 Å². The molecule has 2 aliphatic carbocycles. The second-order valence-corrected chi connectivity index (χ2v) is 5.79. The van der Waals surface area contributed by atoms with E-state index in [1.54, 1.807) is 5.56 Å². The Morgan fingerprint density at radius 3 is 2.94 bits per heavy atom. The molecule has 2 fully saturated rings. The molecule has 16 heavy (non-hydrogen) atoms. The zero-order chi connectivity index (χ0) is 10.8. The molecule has 4 atom stereocenters. The molecule has 0 radical (unpaired) electrons. The average Bonchev–Trinajstić information content (AvgIpc) is 3.04. The van der Waals surface area contributed by atoms with Crippen LogP contribution in [0.15, 0.2) is 24.3 Å². The fourth-order valence-electron chi connectivity index (χ4n) is 4.12. The van der Waals surface area contributed by atoms with Crippen LogP contribution in [0.1, 0.15) is 49.7 Å². The Balaban J connectivity index is 1.88. The normalized spacial score (nSPS) is 44.2. The first-order chi connectivity index (χ1) is 7.81. The second-order valence-electron chi connectivity index (χ2n) is 5.79. The van der Waals surface area contributed by atoms with Crippen molar-refractivity contribution in [3.63, 3.8) is 0 Å². The summed E-state index contributed by atoms with van der Waals surface area (Å²) in [4.78, 5) is 0. The number of benzene rings is 1. The van der Waals surface area contributed by atoms with Gasteiger partial charge in [-0.3, -0.25) is 0 Å². The minimum Gasteiger partial charge on any atom is -0.361 e. The third-order valence-corrected chi connectivity index (χ3v) is 4.96. The number of rotatable bonds is 0. The van der Waals surface area contributed by atoms with Gasteiger partial charge in [-0.25, -0.2) is 0 Å². The molecule has 0 spiro atoms. The highest BCUT2D eigenvalue weighted by atomic mass is 16.6. The van der Waals surface area contributed by atoms with Crippen molar-refractivity contribution in [2.45, 2.75) is 50.2 Å². The molecule has 1 nitrogen and oxygen atoms in total. The topological polar surface area (TPSA) is 12.5 Å². The first kappa shape index (κ1) is 9.23. The smallest absolute Gasteiger partial charge is 0.117 e. The Labute approximate surface area is 96.8 Å². The lowest BCUT2D eigenvalue weighted by atomic mass is 9.65. The van der Waals surface area contributed by atoms with Crippen LogP contribution in [-0.4, -0.2) is 6.10 Å². The van der Waals surface area contributed by atoms with Gasteiger partial charge in [-0.15, -0.1) is 0 Å². The van der Waals surface area contributed by atoms with Gasteiger partial charge >= 0.3 is 0 Å². The summed E-state index contributed by atoms with van der Waals surface area (Å²) >= 11 is 0. The molecule has 0 unspecified atom stereocenters. The third-order valence-electron chi connectivity index (χ3n) is 4.96. The number of epoxide rings is 1. The fraction of sp³-hybridized carbons (Fsp3) is 0.600. The van der Waals surface area contributed by atoms with Crippen molar-refractivity contribution < 1.29 is 4.74 Å². The number of hydrogen-bond acceptors (Lipinski definition) is 1. The van der Waals surface area contributed by atoms with Gasteiger partial charge in [0, 0.05) is 0 Å². The standard InChI is InChI=1S/C15H18O/c1-15-13-9-5-4-7-11(13)10-6-2-3-8-12(10)14(15)16-15/h4-5,7,9-10,12,14H,2-3,6,8H2,1H3/t10-,12-,14+,15-/m0/s1. The Hall–Kier alpha value is -0.820. The van der Waals surface area contributed by atoms with Crippen molar-refractivity contribution in [1.82, 2.24) is 0 Å². The van der Waals surface area contributed by atoms with Crippen LogP contribution in [0.3, 0.4) is 0 Å². The lowest BCUT2D eigenvalue weighted by Crippen LogP contribution is -2.32. The number of hydrogen-bond donors (Lipinski definition) is 0. The molecule has 0 amide bonds. The molecule has 0 bridgehead atoms. The summed E-state index contributed by atoms with van der Waals surface area (Å²) in [6.45, 7) is 2.28. The fourth-order valence-corrected chi connectivity index (χ4v) is 4.12. The van der Waals surface area contributed by atoms with Crippen molar-refractivity contribution in [2.24, 2.45) is 5.92 Å². The van der Waals surface area contributed by atoms with Gasteiger partial charge < -0.3 is 4.74 Å². The van der Waals surface area contributed by atoms with Crippen LogP contribution < -0.4 is 0 Å². The third kappa shape index (κ3) is 1.00. The van der Waals surface area contributed by atoms with Crippen molar-refractivity contribution in [2.75, 3.05) is 0 Å². The molecular weight excluding hydrogens is 196 g/mol. The Morgan fingerprint density at radius 2 is 2.00 bits per heavy atom. The zero-order valence-electron chi connectivity index (χ0n) is 9.78. The van der Waals surface area contributed by atoms with Crippen LogP contribution in [-0.2, 0) is 10.3 Å². The first-order valence-electron chi connectivity index (χ1n) is 6.58. The van der Waals surface area contributed by atoms with Crippen LogP contribution in [0.4, 0.5) is 0 Å². The highest BCUT2D eigenvalue weighted by Crippen LogP contribution is 2.61. The van der Waals surface area contributed by atoms with Gasteiger partial charge in [-0.2, -0.15) is 0 Å². The molecule has 1 aromatic rings. The molecular formula is C15H18O. The molecule has 1 aromatic carbocycles. The van der Waals surface area contributed by atoms with E-state index < -0.39 is 0 Å². The molecule has 1 heterocycles. The van der Waals surface area contributed by atoms with Crippen LogP contribution in [0.25, 0.3) is 0 Å². The predicted molar refractivity (Wildman–Crippen MR) is 63.4 cm³/mol. The lowest BCUT2D eigenvalue weighted by Gasteiger charge is -2.36. The minimum atomic E-state index is 0.0646. The highest BCUT2D eigenvalue weighted by molar-refractivity contribution is 5.43. The van der Waals surface area contributed by atoms with Gasteiger partial charge in [0.15, 0.2) is 0 Å². The summed E-state index contributed by atoms with van der Waals surface area (Å²) in [6, 6.07) is 8.96. The van der Waals surface area contributed by atoms with Gasteiger partial charge in [0.1, 0.15) is 5.60 Å². The summed E-state index contributed by atoms with van der Waals surface area (Å²) < 4.78 is 6.06. The van der Waals surface area contributed by atoms with Gasteiger partial charge in [0.2, 0.25) is 0 Å². The molecule has 84 valence electrons. The van der Waals surface area contributed by atoms with Crippen molar-refractivity contribution in [3.05, 3.63) is 35.4 Å². The van der Waals surface area contributed by atoms with Gasteiger partial charge in [-0.1, -0.05) is 37.1 Å². The van der Waals surface area contributed by atoms with E-state index in [0.717, 1.165) is 11.8 Å². The van der Waals surface area contributed by atoms with Crippen LogP contribution in [0.2, 0.25) is 0 Å². The lowest BCUT2D eigenvalue weighted by molar-refractivity contribution is 0.236. The monoisotopic (exact) mass is 214 g/mol. The minimum absolute atomic E-state index is 0.0646. The summed E-state index contributed by atoms with van der Waals surface area (Å²) in [5.41, 5.74) is 3.13. The summed E-state index contributed by atoms with van der Waals surface area (Å²) in [5, 5.41) is 0. The van der Waals surface area contributed by atoms with E-state index in [1.165, 1.54) is 31.2 Å². The molecule has 0 aromatic heterocycles. The van der Waals surface area contributed by atoms with E-state index >= 15 is 0 Å². The molecule has 0 N–H and O–H groups in total. The van der Waals surface area contributed by atoms with E-state index in [4.69, 9.17) is 4.74 Å². The summed E-state index contributed by atoms with van der Waals surface area (Å²) in [6.07, 6.45) is 6.07. The van der Waals surface area contributed by atoms with E-state index in [0.29, 0.717) is 6.10 Å². The van der Waals surface area contributed by atoms with E-state index in [-0.39, 0.29) is 5.60 Å². The summed E-state index contributed by atoms with van der Waals surface area (Å²) in [7, 11) is 0. The number of fused-ring (bicyclic) bond motifs is 6. The van der Waals surface area contributed by atoms with Crippen LogP contribution in [0.5, 0.6) is 0 Å². The highest BCUT2D eigenvalue weighted by Gasteiger charge is 2.62. The molecule has 1 aliphatic heterocycles. The van der Waals surface area contributed by atoms with E-state index in [9.17, 15) is 0 Å². The number of ether oxygens (including phenoxy) is 1. The maximum absolute atomic E-state index is 6.06. The van der Waals surface area contributed by atoms with Crippen molar-refractivity contribution >= 4 is 0 Å². The Morgan fingerprint density at radius 1 is 1.19 bits per heavy atom. The maximum atomic E-state index is 6.06. The summed E-state index contributed by atoms with van der Waals surface area (Å²) in [5.74, 6) is 1.58. The molecule has 1 heteroatoms. The largest absolute Gasteiger partial charge is 0.361 e. The van der Waals surface area contributed by atoms with Crippen LogP contribution in [0, 0.1) is 5.92 Å². The SMILES string of the molecule is C[C@@]12O[C@@H]1[C@H]1CCCC[C@H]1c1ccccc12. The second kappa shape index (κ2) is 2.89. The van der Waals surface area contributed by atoms with E-state index in [2.05, 4.69) is 31.2 Å². The molecule has 1 saturated heterocycles. The zero-order valence-corrected chi connectivity index (χ0v) is 9.78. The van der Waals surface area contributed by atoms with Gasteiger partial charge in [0.25, 0.3) is 0 Å². The Kier molecular flexibility index (Phi) is 1.67. The quantitative estimate of drug-likeness (QED) is 0.601. The van der Waals surface area contributed by atoms with E-state index in [1.807, 2.05) is 0 Å². The molecule has 3 aliphatic rings. The van der Waals surface area contributed by atoms with Crippen LogP contribution >= 0.6 is 0 Å². The average molecular weight is 214 g/mol. The Bertz CT molecular complexity index is 439. The van der Waals surface area contributed by atoms with Crippen molar-refractivity contribution in [3.8, 4) is 0 Å². The maximum Gasteiger partial charge on any atom is 0.117 e. The first-order valence-corrected chi connectivity index (χ1v) is 6.58.